The van der Waals surface area contributed by atoms with Crippen LogP contribution in [0.3, 0.4) is 0 Å². The maximum Gasteiger partial charge on any atom is 0.414 e. The van der Waals surface area contributed by atoms with Crippen molar-refractivity contribution < 1.29 is 64.6 Å². The molecule has 0 bridgehead atoms. The van der Waals surface area contributed by atoms with Crippen LogP contribution >= 0.6 is 0 Å². The Labute approximate surface area is 76.9 Å². The van der Waals surface area contributed by atoms with E-state index in [4.69, 9.17) is 19.8 Å². The van der Waals surface area contributed by atoms with Crippen molar-refractivity contribution in [2.24, 2.45) is 0 Å². The molecule has 0 aliphatic heterocycles. The first-order valence-electron chi connectivity index (χ1n) is 1.11. The second-order valence-corrected chi connectivity index (χ2v) is 0.610. The number of carboxylic acids is 2. The molecule has 6 nitrogen and oxygen atoms in total. The van der Waals surface area contributed by atoms with Crippen LogP contribution in [-0.4, -0.2) is 33.1 Å². The molecule has 0 atom stereocenters. The maximum absolute atomic E-state index is 9.10. The fourth-order valence-electron chi connectivity index (χ4n) is 0. The number of rotatable bonds is 0. The van der Waals surface area contributed by atoms with Crippen molar-refractivity contribution >= 4 is 11.9 Å². The second kappa shape index (κ2) is 16.0. The minimum absolute atomic E-state index is 0. The summed E-state index contributed by atoms with van der Waals surface area (Å²) in [5, 5.41) is 14.8. The number of hydrogen-bond acceptors (Lipinski definition) is 2. The Morgan fingerprint density at radius 3 is 1.00 bits per heavy atom. The molecule has 0 aliphatic carbocycles. The van der Waals surface area contributed by atoms with Gasteiger partial charge in [0, 0.05) is 33.8 Å². The maximum atomic E-state index is 9.10. The van der Waals surface area contributed by atoms with Crippen LogP contribution in [-0.2, 0) is 43.4 Å². The van der Waals surface area contributed by atoms with Crippen molar-refractivity contribution in [2.45, 2.75) is 0 Å². The van der Waals surface area contributed by atoms with E-state index in [0.29, 0.717) is 0 Å². The molecule has 6 N–H and O–H groups in total. The fourth-order valence-corrected chi connectivity index (χ4v) is 0. The van der Waals surface area contributed by atoms with E-state index in [0.717, 1.165) is 0 Å². The number of aliphatic carboxylic acids is 2. The Morgan fingerprint density at radius 2 is 1.00 bits per heavy atom. The van der Waals surface area contributed by atoms with Gasteiger partial charge >= 0.3 is 11.9 Å². The van der Waals surface area contributed by atoms with Crippen LogP contribution in [0.4, 0.5) is 0 Å². The smallest absolute Gasteiger partial charge is 0.414 e. The molecule has 0 saturated carbocycles. The largest absolute Gasteiger partial charge is 0.473 e. The van der Waals surface area contributed by atoms with Gasteiger partial charge in [-0.05, 0) is 0 Å². The average molecular weight is 240 g/mol. The second-order valence-electron chi connectivity index (χ2n) is 0.610. The Bertz CT molecular complexity index is 81.7. The normalized spacial score (nSPS) is 4.40. The van der Waals surface area contributed by atoms with Crippen molar-refractivity contribution in [3.63, 3.8) is 0 Å². The molecule has 0 aromatic heterocycles. The Kier molecular flexibility index (Phi) is 52.2. The van der Waals surface area contributed by atoms with Crippen LogP contribution in [0.25, 0.3) is 0 Å². The minimum atomic E-state index is -1.82. The summed E-state index contributed by atoms with van der Waals surface area (Å²) in [4.78, 5) is 18.2. The van der Waals surface area contributed by atoms with Crippen LogP contribution in [0.2, 0.25) is 0 Å². The molecular formula is C2H6CoMnO6. The predicted molar refractivity (Wildman–Crippen MR) is 22.5 cm³/mol. The zero-order chi connectivity index (χ0) is 5.15. The third-order valence-corrected chi connectivity index (χ3v) is 0.183. The summed E-state index contributed by atoms with van der Waals surface area (Å²) in [6, 6.07) is 0. The molecule has 2 radical (unpaired) electrons. The van der Waals surface area contributed by atoms with Gasteiger partial charge < -0.3 is 21.2 Å². The van der Waals surface area contributed by atoms with Gasteiger partial charge in [0.05, 0.1) is 0 Å². The van der Waals surface area contributed by atoms with E-state index in [2.05, 4.69) is 0 Å². The van der Waals surface area contributed by atoms with Gasteiger partial charge in [-0.15, -0.1) is 0 Å². The van der Waals surface area contributed by atoms with Gasteiger partial charge in [0.15, 0.2) is 0 Å². The SMILES string of the molecule is O.O.O=C(O)C(=O)O.[Co].[Mn]. The van der Waals surface area contributed by atoms with Crippen molar-refractivity contribution in [3.8, 4) is 0 Å². The van der Waals surface area contributed by atoms with Crippen LogP contribution in [0, 0.1) is 0 Å². The van der Waals surface area contributed by atoms with E-state index in [1.165, 1.54) is 0 Å². The molecule has 0 unspecified atom stereocenters. The average Bonchev–Trinajstić information content (AvgIpc) is 1.36. The van der Waals surface area contributed by atoms with Crippen molar-refractivity contribution in [1.82, 2.24) is 0 Å². The van der Waals surface area contributed by atoms with Gasteiger partial charge in [-0.2, -0.15) is 0 Å². The van der Waals surface area contributed by atoms with Gasteiger partial charge in [0.2, 0.25) is 0 Å². The zero-order valence-corrected chi connectivity index (χ0v) is 6.64. The van der Waals surface area contributed by atoms with E-state index in [1.54, 1.807) is 0 Å². The Hall–Kier alpha value is -0.114. The van der Waals surface area contributed by atoms with Gasteiger partial charge in [-0.3, -0.25) is 0 Å². The molecule has 0 amide bonds. The summed E-state index contributed by atoms with van der Waals surface area (Å²) in [6.45, 7) is 0. The molecule has 0 heterocycles. The summed E-state index contributed by atoms with van der Waals surface area (Å²) in [5.41, 5.74) is 0. The first-order chi connectivity index (χ1) is 2.64. The number of carbonyl (C=O) groups is 2. The molecular weight excluding hydrogens is 234 g/mol. The number of hydrogen-bond donors (Lipinski definition) is 2. The van der Waals surface area contributed by atoms with Crippen LogP contribution in [0.1, 0.15) is 0 Å². The van der Waals surface area contributed by atoms with Crippen LogP contribution in [0.5, 0.6) is 0 Å². The molecule has 0 spiro atoms. The van der Waals surface area contributed by atoms with E-state index < -0.39 is 11.9 Å². The molecule has 0 fully saturated rings. The quantitative estimate of drug-likeness (QED) is 0.357. The summed E-state index contributed by atoms with van der Waals surface area (Å²) in [6.07, 6.45) is 0. The Morgan fingerprint density at radius 1 is 0.900 bits per heavy atom. The van der Waals surface area contributed by atoms with E-state index in [1.807, 2.05) is 0 Å². The van der Waals surface area contributed by atoms with Crippen molar-refractivity contribution in [1.29, 1.82) is 0 Å². The van der Waals surface area contributed by atoms with Crippen molar-refractivity contribution in [2.75, 3.05) is 0 Å². The van der Waals surface area contributed by atoms with Gasteiger partial charge in [-0.1, -0.05) is 0 Å². The van der Waals surface area contributed by atoms with Gasteiger partial charge in [0.25, 0.3) is 0 Å². The first kappa shape index (κ1) is 32.7. The summed E-state index contributed by atoms with van der Waals surface area (Å²) >= 11 is 0. The molecule has 0 aliphatic rings. The van der Waals surface area contributed by atoms with E-state index >= 15 is 0 Å². The van der Waals surface area contributed by atoms with Crippen LogP contribution in [0.15, 0.2) is 0 Å². The molecule has 66 valence electrons. The van der Waals surface area contributed by atoms with Gasteiger partial charge in [0.1, 0.15) is 0 Å². The monoisotopic (exact) mass is 240 g/mol. The van der Waals surface area contributed by atoms with E-state index in [-0.39, 0.29) is 44.8 Å². The topological polar surface area (TPSA) is 138 Å². The third kappa shape index (κ3) is 24.8. The van der Waals surface area contributed by atoms with E-state index in [9.17, 15) is 0 Å². The fraction of sp³-hybridized carbons (Fsp3) is 0. The van der Waals surface area contributed by atoms with Crippen LogP contribution < -0.4 is 0 Å². The Balaban J connectivity index is -0.0000000208. The predicted octanol–water partition coefficient (Wildman–Crippen LogP) is -2.50. The molecule has 0 aromatic rings. The zero-order valence-electron chi connectivity index (χ0n) is 4.42. The standard InChI is InChI=1S/C2H2O4.Co.Mn.2H2O/c3-1(4)2(5)6;;;;/h(H,3,4)(H,5,6);;;2*1H2. The summed E-state index contributed by atoms with van der Waals surface area (Å²) < 4.78 is 0. The van der Waals surface area contributed by atoms with Crippen molar-refractivity contribution in [3.05, 3.63) is 0 Å². The first-order valence-corrected chi connectivity index (χ1v) is 1.11. The summed E-state index contributed by atoms with van der Waals surface area (Å²) in [7, 11) is 0. The molecule has 8 heteroatoms. The minimum Gasteiger partial charge on any atom is -0.473 e. The third-order valence-electron chi connectivity index (χ3n) is 0.183. The molecule has 0 saturated heterocycles. The molecule has 10 heavy (non-hydrogen) atoms. The molecule has 0 aromatic carbocycles. The van der Waals surface area contributed by atoms with Gasteiger partial charge in [-0.25, -0.2) is 9.59 Å². The molecule has 0 rings (SSSR count). The summed E-state index contributed by atoms with van der Waals surface area (Å²) in [5.74, 6) is -3.65. The number of carboxylic acid groups (broad SMARTS) is 2.